The summed E-state index contributed by atoms with van der Waals surface area (Å²) in [5.41, 5.74) is 5.72. The Morgan fingerprint density at radius 3 is 2.57 bits per heavy atom. The van der Waals surface area contributed by atoms with Crippen LogP contribution < -0.4 is 5.73 Å². The topological polar surface area (TPSA) is 105 Å². The molecule has 0 aliphatic heterocycles. The van der Waals surface area contributed by atoms with E-state index in [2.05, 4.69) is 15.2 Å². The van der Waals surface area contributed by atoms with Gasteiger partial charge in [0.05, 0.1) is 17.3 Å². The van der Waals surface area contributed by atoms with Gasteiger partial charge in [-0.05, 0) is 19.1 Å². The minimum Gasteiger partial charge on any atom is -0.398 e. The van der Waals surface area contributed by atoms with Gasteiger partial charge in [0, 0.05) is 12.1 Å². The molecule has 0 amide bonds. The fourth-order valence-corrected chi connectivity index (χ4v) is 3.81. The number of nitrogens with zero attached hydrogens (tertiary/aromatic N) is 3. The van der Waals surface area contributed by atoms with Crippen molar-refractivity contribution in [2.45, 2.75) is 18.4 Å². The number of rotatable bonds is 4. The van der Waals surface area contributed by atoms with Crippen molar-refractivity contribution in [1.82, 2.24) is 19.5 Å². The molecule has 10 heteroatoms. The van der Waals surface area contributed by atoms with Gasteiger partial charge >= 0.3 is 0 Å². The monoisotopic (exact) mass is 349 g/mol. The lowest BCUT2D eigenvalue weighted by atomic mass is 10.3. The molecule has 21 heavy (non-hydrogen) atoms. The molecule has 3 N–H and O–H groups in total. The highest BCUT2D eigenvalue weighted by Crippen LogP contribution is 2.33. The van der Waals surface area contributed by atoms with E-state index in [0.717, 1.165) is 4.31 Å². The van der Waals surface area contributed by atoms with Crippen molar-refractivity contribution in [2.75, 3.05) is 12.8 Å². The number of aromatic nitrogens is 3. The first-order valence-corrected chi connectivity index (χ1v) is 8.00. The van der Waals surface area contributed by atoms with E-state index in [1.807, 2.05) is 0 Å². The van der Waals surface area contributed by atoms with Gasteiger partial charge in [-0.2, -0.15) is 9.40 Å². The van der Waals surface area contributed by atoms with Gasteiger partial charge in [-0.1, -0.05) is 23.2 Å². The molecule has 2 rings (SSSR count). The number of nitrogens with one attached hydrogen (secondary N) is 1. The van der Waals surface area contributed by atoms with Crippen LogP contribution in [0.5, 0.6) is 0 Å². The van der Waals surface area contributed by atoms with Crippen molar-refractivity contribution in [3.8, 4) is 0 Å². The molecule has 1 aromatic heterocycles. The third-order valence-electron chi connectivity index (χ3n) is 2.71. The highest BCUT2D eigenvalue weighted by atomic mass is 35.5. The van der Waals surface area contributed by atoms with E-state index in [4.69, 9.17) is 28.9 Å². The van der Waals surface area contributed by atoms with E-state index in [1.165, 1.54) is 19.2 Å². The van der Waals surface area contributed by atoms with Gasteiger partial charge in [-0.15, -0.1) is 0 Å². The normalized spacial score (nSPS) is 12.0. The molecule has 1 heterocycles. The van der Waals surface area contributed by atoms with Crippen molar-refractivity contribution < 1.29 is 8.42 Å². The Hall–Kier alpha value is -1.35. The second-order valence-electron chi connectivity index (χ2n) is 4.40. The number of anilines is 1. The van der Waals surface area contributed by atoms with Crippen molar-refractivity contribution in [3.05, 3.63) is 33.8 Å². The Labute approximate surface area is 132 Å². The smallest absolute Gasteiger partial charge is 0.246 e. The number of sulfonamides is 1. The van der Waals surface area contributed by atoms with Crippen LogP contribution in [0.1, 0.15) is 11.6 Å². The number of aryl methyl sites for hydroxylation is 1. The molecule has 0 bridgehead atoms. The lowest BCUT2D eigenvalue weighted by molar-refractivity contribution is 0.457. The summed E-state index contributed by atoms with van der Waals surface area (Å²) < 4.78 is 26.2. The van der Waals surface area contributed by atoms with Crippen LogP contribution >= 0.6 is 23.2 Å². The van der Waals surface area contributed by atoms with Crippen molar-refractivity contribution in [1.29, 1.82) is 0 Å². The second kappa shape index (κ2) is 5.80. The minimum atomic E-state index is -3.88. The van der Waals surface area contributed by atoms with Gasteiger partial charge in [-0.3, -0.25) is 5.10 Å². The Morgan fingerprint density at radius 1 is 1.38 bits per heavy atom. The predicted octanol–water partition coefficient (Wildman–Crippen LogP) is 1.82. The zero-order valence-electron chi connectivity index (χ0n) is 11.3. The Kier molecular flexibility index (Phi) is 4.43. The van der Waals surface area contributed by atoms with E-state index in [9.17, 15) is 8.42 Å². The summed E-state index contributed by atoms with van der Waals surface area (Å²) in [5.74, 6) is 0.946. The molecule has 0 saturated heterocycles. The molecule has 0 saturated carbocycles. The SMILES string of the molecule is Cc1nc(CN(C)S(=O)(=O)c2c(N)cc(Cl)cc2Cl)n[nH]1. The molecule has 7 nitrogen and oxygen atoms in total. The third kappa shape index (κ3) is 3.29. The second-order valence-corrected chi connectivity index (χ2v) is 7.23. The van der Waals surface area contributed by atoms with Gasteiger partial charge in [0.15, 0.2) is 5.82 Å². The van der Waals surface area contributed by atoms with Crippen LogP contribution in [-0.2, 0) is 16.6 Å². The molecule has 0 radical (unpaired) electrons. The van der Waals surface area contributed by atoms with Gasteiger partial charge < -0.3 is 5.73 Å². The number of nitrogen functional groups attached to an aromatic ring is 1. The molecule has 0 fully saturated rings. The molecule has 0 aliphatic rings. The number of aromatic amines is 1. The largest absolute Gasteiger partial charge is 0.398 e. The van der Waals surface area contributed by atoms with Crippen molar-refractivity contribution >= 4 is 38.9 Å². The van der Waals surface area contributed by atoms with E-state index < -0.39 is 10.0 Å². The van der Waals surface area contributed by atoms with E-state index in [1.54, 1.807) is 6.92 Å². The quantitative estimate of drug-likeness (QED) is 0.819. The average Bonchev–Trinajstić information content (AvgIpc) is 2.72. The summed E-state index contributed by atoms with van der Waals surface area (Å²) in [6, 6.07) is 2.67. The zero-order valence-corrected chi connectivity index (χ0v) is 13.6. The number of hydrogen-bond acceptors (Lipinski definition) is 5. The van der Waals surface area contributed by atoms with Crippen molar-refractivity contribution in [2.24, 2.45) is 0 Å². The fraction of sp³-hybridized carbons (Fsp3) is 0.273. The van der Waals surface area contributed by atoms with Crippen LogP contribution in [0.25, 0.3) is 0 Å². The Balaban J connectivity index is 2.38. The first-order chi connectivity index (χ1) is 9.71. The van der Waals surface area contributed by atoms with Crippen LogP contribution in [0.4, 0.5) is 5.69 Å². The fourth-order valence-electron chi connectivity index (χ4n) is 1.75. The summed E-state index contributed by atoms with van der Waals surface area (Å²) in [6.45, 7) is 1.71. The highest BCUT2D eigenvalue weighted by molar-refractivity contribution is 7.89. The summed E-state index contributed by atoms with van der Waals surface area (Å²) in [6.07, 6.45) is 0. The number of hydrogen-bond donors (Lipinski definition) is 2. The van der Waals surface area contributed by atoms with Gasteiger partial charge in [-0.25, -0.2) is 13.4 Å². The van der Waals surface area contributed by atoms with Gasteiger partial charge in [0.2, 0.25) is 10.0 Å². The van der Waals surface area contributed by atoms with E-state index in [0.29, 0.717) is 11.6 Å². The minimum absolute atomic E-state index is 0.00878. The summed E-state index contributed by atoms with van der Waals surface area (Å²) in [4.78, 5) is 3.88. The van der Waals surface area contributed by atoms with E-state index in [-0.39, 0.29) is 27.2 Å². The Morgan fingerprint density at radius 2 is 2.05 bits per heavy atom. The number of halogens is 2. The van der Waals surface area contributed by atoms with Crippen LogP contribution in [-0.4, -0.2) is 35.0 Å². The molecule has 0 aliphatic carbocycles. The molecule has 114 valence electrons. The molecule has 0 spiro atoms. The first kappa shape index (κ1) is 16.0. The van der Waals surface area contributed by atoms with Crippen molar-refractivity contribution in [3.63, 3.8) is 0 Å². The van der Waals surface area contributed by atoms with Gasteiger partial charge in [0.1, 0.15) is 10.7 Å². The molecular weight excluding hydrogens is 337 g/mol. The maximum Gasteiger partial charge on any atom is 0.246 e. The van der Waals surface area contributed by atoms with Gasteiger partial charge in [0.25, 0.3) is 0 Å². The van der Waals surface area contributed by atoms with E-state index >= 15 is 0 Å². The summed E-state index contributed by atoms with van der Waals surface area (Å²) >= 11 is 11.8. The lowest BCUT2D eigenvalue weighted by Gasteiger charge is -2.18. The molecule has 0 unspecified atom stereocenters. The standard InChI is InChI=1S/C11H13Cl2N5O2S/c1-6-15-10(17-16-6)5-18(2)21(19,20)11-8(13)3-7(12)4-9(11)14/h3-4H,5,14H2,1-2H3,(H,15,16,17). The highest BCUT2D eigenvalue weighted by Gasteiger charge is 2.27. The molecular formula is C11H13Cl2N5O2S. The zero-order chi connectivity index (χ0) is 15.8. The third-order valence-corrected chi connectivity index (χ3v) is 5.26. The molecule has 0 atom stereocenters. The molecule has 1 aromatic carbocycles. The first-order valence-electron chi connectivity index (χ1n) is 5.80. The molecule has 2 aromatic rings. The van der Waals surface area contributed by atoms with Crippen LogP contribution in [0, 0.1) is 6.92 Å². The lowest BCUT2D eigenvalue weighted by Crippen LogP contribution is -2.28. The summed E-state index contributed by atoms with van der Waals surface area (Å²) in [7, 11) is -2.49. The van der Waals surface area contributed by atoms with Crippen LogP contribution in [0.2, 0.25) is 10.0 Å². The number of H-pyrrole nitrogens is 1. The maximum absolute atomic E-state index is 12.5. The summed E-state index contributed by atoms with van der Waals surface area (Å²) in [5, 5.41) is 6.78. The van der Waals surface area contributed by atoms with Crippen LogP contribution in [0.15, 0.2) is 17.0 Å². The van der Waals surface area contributed by atoms with Crippen LogP contribution in [0.3, 0.4) is 0 Å². The Bertz CT molecular complexity index is 752. The number of benzene rings is 1. The average molecular weight is 350 g/mol. The predicted molar refractivity (Wildman–Crippen MR) is 80.6 cm³/mol. The number of nitrogens with two attached hydrogens (primary N) is 1. The maximum atomic E-state index is 12.5.